The van der Waals surface area contributed by atoms with Gasteiger partial charge in [0.05, 0.1) is 5.69 Å². The van der Waals surface area contributed by atoms with E-state index in [-0.39, 0.29) is 24.2 Å². The number of piperidine rings is 1. The molecular weight excluding hydrogens is 628 g/mol. The number of ether oxygens (including phenoxy) is 2. The number of amides is 1. The van der Waals surface area contributed by atoms with E-state index < -0.39 is 0 Å². The zero-order chi connectivity index (χ0) is 30.8. The Bertz CT molecular complexity index is 1700. The summed E-state index contributed by atoms with van der Waals surface area (Å²) in [6, 6.07) is 29.8. The molecule has 2 fully saturated rings. The maximum absolute atomic E-state index is 13.6. The quantitative estimate of drug-likeness (QED) is 0.190. The van der Waals surface area contributed by atoms with Crippen LogP contribution in [0.4, 0.5) is 16.2 Å². The Hall–Kier alpha value is -4.10. The van der Waals surface area contributed by atoms with Crippen molar-refractivity contribution in [1.82, 2.24) is 4.90 Å². The number of hydrogen-bond acceptors (Lipinski definition) is 5. The van der Waals surface area contributed by atoms with E-state index in [2.05, 4.69) is 39.4 Å². The molecule has 1 saturated heterocycles. The lowest BCUT2D eigenvalue weighted by Gasteiger charge is -2.58. The van der Waals surface area contributed by atoms with Gasteiger partial charge in [0.1, 0.15) is 19.0 Å². The molecule has 1 aliphatic heterocycles. The molecule has 0 aromatic heterocycles. The summed E-state index contributed by atoms with van der Waals surface area (Å²) < 4.78 is 13.4. The molecule has 3 aliphatic rings. The fraction of sp³-hybridized carbons (Fsp3) is 0.316. The first-order valence-electron chi connectivity index (χ1n) is 15.9. The van der Waals surface area contributed by atoms with E-state index >= 15 is 0 Å². The molecule has 1 unspecified atom stereocenters. The number of likely N-dealkylation sites (tertiary alicyclic amines) is 1. The summed E-state index contributed by atoms with van der Waals surface area (Å²) in [6.45, 7) is 1.38. The lowest BCUT2D eigenvalue weighted by atomic mass is 9.52. The van der Waals surface area contributed by atoms with Gasteiger partial charge in [-0.05, 0) is 88.0 Å². The van der Waals surface area contributed by atoms with Crippen molar-refractivity contribution in [3.05, 3.63) is 123 Å². The minimum atomic E-state index is -0.233. The van der Waals surface area contributed by atoms with Gasteiger partial charge in [0.2, 0.25) is 0 Å². The van der Waals surface area contributed by atoms with Crippen LogP contribution in [0.5, 0.6) is 5.75 Å². The molecule has 1 heterocycles. The lowest BCUT2D eigenvalue weighted by molar-refractivity contribution is -0.0138. The molecule has 2 bridgehead atoms. The molecule has 7 rings (SSSR count). The average molecular weight is 666 g/mol. The number of fused-ring (bicyclic) bond motifs is 1. The molecule has 45 heavy (non-hydrogen) atoms. The van der Waals surface area contributed by atoms with Gasteiger partial charge in [0.25, 0.3) is 0 Å². The second-order valence-electron chi connectivity index (χ2n) is 12.5. The van der Waals surface area contributed by atoms with Gasteiger partial charge in [0.15, 0.2) is 6.29 Å². The summed E-state index contributed by atoms with van der Waals surface area (Å²) in [5.41, 5.74) is 6.67. The van der Waals surface area contributed by atoms with Gasteiger partial charge in [-0.2, -0.15) is 0 Å². The fourth-order valence-electron chi connectivity index (χ4n) is 7.93. The van der Waals surface area contributed by atoms with E-state index in [9.17, 15) is 9.59 Å². The third kappa shape index (κ3) is 5.63. The van der Waals surface area contributed by atoms with Crippen molar-refractivity contribution >= 4 is 39.7 Å². The van der Waals surface area contributed by atoms with E-state index in [4.69, 9.17) is 9.47 Å². The zero-order valence-electron chi connectivity index (χ0n) is 25.2. The molecule has 1 saturated carbocycles. The van der Waals surface area contributed by atoms with Crippen molar-refractivity contribution in [2.45, 2.75) is 63.2 Å². The monoisotopic (exact) mass is 664 g/mol. The fourth-order valence-corrected chi connectivity index (χ4v) is 8.60. The van der Waals surface area contributed by atoms with Crippen molar-refractivity contribution in [1.29, 1.82) is 0 Å². The molecular formula is C38H37BrN2O4. The van der Waals surface area contributed by atoms with Crippen LogP contribution in [0.3, 0.4) is 0 Å². The predicted molar refractivity (Wildman–Crippen MR) is 179 cm³/mol. The van der Waals surface area contributed by atoms with Crippen LogP contribution < -0.4 is 10.1 Å². The van der Waals surface area contributed by atoms with E-state index in [1.165, 1.54) is 24.0 Å². The molecule has 0 radical (unpaired) electrons. The third-order valence-corrected chi connectivity index (χ3v) is 10.9. The Labute approximate surface area is 272 Å². The minimum absolute atomic E-state index is 0.0285. The smallest absolute Gasteiger partial charge is 0.410 e. The second-order valence-corrected chi connectivity index (χ2v) is 13.3. The molecule has 2 aliphatic carbocycles. The largest absolute Gasteiger partial charge is 0.487 e. The molecule has 6 nitrogen and oxygen atoms in total. The Morgan fingerprint density at radius 1 is 0.933 bits per heavy atom. The Morgan fingerprint density at radius 3 is 2.40 bits per heavy atom. The number of benzene rings is 4. The van der Waals surface area contributed by atoms with Crippen molar-refractivity contribution in [3.63, 3.8) is 0 Å². The van der Waals surface area contributed by atoms with Gasteiger partial charge in [0, 0.05) is 33.7 Å². The number of aldehydes is 1. The van der Waals surface area contributed by atoms with E-state index in [1.54, 1.807) is 6.07 Å². The van der Waals surface area contributed by atoms with Gasteiger partial charge in [-0.15, -0.1) is 0 Å². The third-order valence-electron chi connectivity index (χ3n) is 10.1. The normalized spacial score (nSPS) is 21.7. The maximum atomic E-state index is 13.6. The summed E-state index contributed by atoms with van der Waals surface area (Å²) in [7, 11) is 0. The van der Waals surface area contributed by atoms with Gasteiger partial charge in [-0.3, -0.25) is 4.79 Å². The van der Waals surface area contributed by atoms with Crippen molar-refractivity contribution in [2.24, 2.45) is 5.92 Å². The zero-order valence-corrected chi connectivity index (χ0v) is 26.8. The van der Waals surface area contributed by atoms with Crippen LogP contribution in [-0.2, 0) is 29.8 Å². The molecule has 1 N–H and O–H groups in total. The maximum Gasteiger partial charge on any atom is 0.410 e. The van der Waals surface area contributed by atoms with E-state index in [0.717, 1.165) is 59.0 Å². The van der Waals surface area contributed by atoms with Gasteiger partial charge >= 0.3 is 6.09 Å². The molecule has 230 valence electrons. The lowest BCUT2D eigenvalue weighted by Crippen LogP contribution is -2.62. The van der Waals surface area contributed by atoms with Crippen LogP contribution in [-0.4, -0.2) is 29.9 Å². The number of nitrogens with zero attached hydrogens (tertiary/aromatic N) is 1. The highest BCUT2D eigenvalue weighted by atomic mass is 79.9. The van der Waals surface area contributed by atoms with Crippen molar-refractivity contribution < 1.29 is 19.1 Å². The number of hydrogen-bond donors (Lipinski definition) is 1. The first-order valence-corrected chi connectivity index (χ1v) is 16.7. The van der Waals surface area contributed by atoms with Gasteiger partial charge in [-0.1, -0.05) is 85.6 Å². The van der Waals surface area contributed by atoms with E-state index in [1.807, 2.05) is 71.6 Å². The van der Waals surface area contributed by atoms with Crippen LogP contribution in [0.25, 0.3) is 0 Å². The topological polar surface area (TPSA) is 67.9 Å². The highest BCUT2D eigenvalue weighted by Crippen LogP contribution is 2.59. The summed E-state index contributed by atoms with van der Waals surface area (Å²) in [5.74, 6) is 1.12. The van der Waals surface area contributed by atoms with E-state index in [0.29, 0.717) is 30.3 Å². The van der Waals surface area contributed by atoms with Crippen molar-refractivity contribution in [3.8, 4) is 5.75 Å². The number of rotatable bonds is 8. The predicted octanol–water partition coefficient (Wildman–Crippen LogP) is 8.98. The summed E-state index contributed by atoms with van der Waals surface area (Å²) in [6.07, 6.45) is 6.80. The SMILES string of the molecule is O=Cc1ccccc1Nc1c(OCc2ccccc2)cc2c(c1Br)C[C@H]1C3CCCC[C@@]23CCN1C(=O)OCc1ccccc1. The van der Waals surface area contributed by atoms with Gasteiger partial charge < -0.3 is 19.7 Å². The Kier molecular flexibility index (Phi) is 8.37. The minimum Gasteiger partial charge on any atom is -0.487 e. The highest BCUT2D eigenvalue weighted by Gasteiger charge is 2.56. The summed E-state index contributed by atoms with van der Waals surface area (Å²) >= 11 is 4.02. The molecule has 3 atom stereocenters. The Balaban J connectivity index is 1.27. The number of para-hydroxylation sites is 1. The number of nitrogens with one attached hydrogen (secondary N) is 1. The summed E-state index contributed by atoms with van der Waals surface area (Å²) in [4.78, 5) is 27.6. The van der Waals surface area contributed by atoms with Crippen LogP contribution in [0.2, 0.25) is 0 Å². The summed E-state index contributed by atoms with van der Waals surface area (Å²) in [5, 5.41) is 3.55. The Morgan fingerprint density at radius 2 is 1.64 bits per heavy atom. The van der Waals surface area contributed by atoms with Crippen LogP contribution in [0.15, 0.2) is 95.5 Å². The van der Waals surface area contributed by atoms with Crippen LogP contribution in [0, 0.1) is 5.92 Å². The molecule has 4 aromatic rings. The van der Waals surface area contributed by atoms with Gasteiger partial charge in [-0.25, -0.2) is 4.79 Å². The number of carbonyl (C=O) groups excluding carboxylic acids is 2. The van der Waals surface area contributed by atoms with Crippen molar-refractivity contribution in [2.75, 3.05) is 11.9 Å². The number of carbonyl (C=O) groups is 2. The standard InChI is InChI=1S/C38H37BrN2O4/c39-35-29-21-33-30-16-9-10-18-38(30,19-20-41(33)37(43)45-25-27-13-5-2-6-14-27)31(29)22-34(44-24-26-11-3-1-4-12-26)36(35)40-32-17-8-7-15-28(32)23-42/h1-8,11-15,17,22-23,30,33,40H,9-10,16,18-21,24-25H2/t30?,33-,38-/m0/s1. The molecule has 1 amide bonds. The van der Waals surface area contributed by atoms with Crippen LogP contribution in [0.1, 0.15) is 64.7 Å². The van der Waals surface area contributed by atoms with Crippen LogP contribution >= 0.6 is 15.9 Å². The highest BCUT2D eigenvalue weighted by molar-refractivity contribution is 9.10. The first-order chi connectivity index (χ1) is 22.1. The number of anilines is 2. The second kappa shape index (κ2) is 12.7. The molecule has 0 spiro atoms. The average Bonchev–Trinajstić information content (AvgIpc) is 3.09. The molecule has 4 aromatic carbocycles. The first kappa shape index (κ1) is 29.6. The number of halogens is 1. The molecule has 7 heteroatoms.